The molecule has 16 heavy (non-hydrogen) atoms. The highest BCUT2D eigenvalue weighted by Gasteiger charge is 2.18. The Labute approximate surface area is 95.0 Å². The van der Waals surface area contributed by atoms with Crippen molar-refractivity contribution in [3.63, 3.8) is 0 Å². The maximum absolute atomic E-state index is 12.6. The molecular formula is C13H16FNO. The van der Waals surface area contributed by atoms with Crippen molar-refractivity contribution in [3.8, 4) is 0 Å². The second-order valence-electron chi connectivity index (χ2n) is 4.16. The molecule has 1 heterocycles. The summed E-state index contributed by atoms with van der Waals surface area (Å²) in [7, 11) is 0. The standard InChI is InChI=1S/C13H16FNO/c14-12-5-3-11(4-6-12)2-1-8-15-9-7-13(16)10-15/h1-6,13,16H,7-10H2/b2-1+/t13-/m0/s1. The second-order valence-corrected chi connectivity index (χ2v) is 4.16. The quantitative estimate of drug-likeness (QED) is 0.842. The Balaban J connectivity index is 1.83. The minimum atomic E-state index is -0.209. The zero-order valence-electron chi connectivity index (χ0n) is 9.14. The highest BCUT2D eigenvalue weighted by molar-refractivity contribution is 5.48. The molecule has 0 spiro atoms. The molecule has 1 saturated heterocycles. The predicted molar refractivity (Wildman–Crippen MR) is 62.5 cm³/mol. The number of benzene rings is 1. The first-order valence-corrected chi connectivity index (χ1v) is 5.56. The Hall–Kier alpha value is -1.19. The summed E-state index contributed by atoms with van der Waals surface area (Å²) in [5, 5.41) is 9.34. The number of likely N-dealkylation sites (tertiary alicyclic amines) is 1. The van der Waals surface area contributed by atoms with Crippen molar-refractivity contribution in [2.24, 2.45) is 0 Å². The molecule has 0 amide bonds. The Bertz CT molecular complexity index is 361. The lowest BCUT2D eigenvalue weighted by atomic mass is 10.2. The molecule has 1 N–H and O–H groups in total. The first kappa shape index (κ1) is 11.3. The van der Waals surface area contributed by atoms with E-state index in [4.69, 9.17) is 0 Å². The third-order valence-electron chi connectivity index (χ3n) is 2.79. The summed E-state index contributed by atoms with van der Waals surface area (Å²) in [4.78, 5) is 2.20. The van der Waals surface area contributed by atoms with Gasteiger partial charge in [0.15, 0.2) is 0 Å². The van der Waals surface area contributed by atoms with E-state index < -0.39 is 0 Å². The van der Waals surface area contributed by atoms with Crippen LogP contribution in [0.25, 0.3) is 6.08 Å². The van der Waals surface area contributed by atoms with Crippen LogP contribution in [0.3, 0.4) is 0 Å². The number of hydrogen-bond acceptors (Lipinski definition) is 2. The molecule has 2 nitrogen and oxygen atoms in total. The third kappa shape index (κ3) is 3.15. The van der Waals surface area contributed by atoms with E-state index in [1.807, 2.05) is 12.2 Å². The Morgan fingerprint density at radius 2 is 2.12 bits per heavy atom. The number of β-amino-alcohol motifs (C(OH)–C–C–N with tert-alkyl or cyclic N) is 1. The van der Waals surface area contributed by atoms with Crippen LogP contribution in [0, 0.1) is 5.82 Å². The van der Waals surface area contributed by atoms with Crippen LogP contribution in [-0.2, 0) is 0 Å². The van der Waals surface area contributed by atoms with Crippen LogP contribution in [-0.4, -0.2) is 35.7 Å². The van der Waals surface area contributed by atoms with E-state index in [9.17, 15) is 9.50 Å². The molecule has 0 bridgehead atoms. The zero-order chi connectivity index (χ0) is 11.4. The van der Waals surface area contributed by atoms with E-state index in [0.29, 0.717) is 0 Å². The number of hydrogen-bond donors (Lipinski definition) is 1. The lowest BCUT2D eigenvalue weighted by molar-refractivity contribution is 0.179. The highest BCUT2D eigenvalue weighted by atomic mass is 19.1. The maximum Gasteiger partial charge on any atom is 0.123 e. The average molecular weight is 221 g/mol. The van der Waals surface area contributed by atoms with Gasteiger partial charge in [0.05, 0.1) is 6.10 Å². The zero-order valence-corrected chi connectivity index (χ0v) is 9.14. The SMILES string of the molecule is O[C@H]1CCN(C/C=C/c2ccc(F)cc2)C1. The van der Waals surface area contributed by atoms with Gasteiger partial charge in [0, 0.05) is 19.6 Å². The lowest BCUT2D eigenvalue weighted by Crippen LogP contribution is -2.21. The van der Waals surface area contributed by atoms with Crippen LogP contribution < -0.4 is 0 Å². The van der Waals surface area contributed by atoms with E-state index in [1.165, 1.54) is 12.1 Å². The topological polar surface area (TPSA) is 23.5 Å². The van der Waals surface area contributed by atoms with Gasteiger partial charge in [0.25, 0.3) is 0 Å². The van der Waals surface area contributed by atoms with E-state index in [1.54, 1.807) is 12.1 Å². The van der Waals surface area contributed by atoms with Crippen molar-refractivity contribution in [2.75, 3.05) is 19.6 Å². The van der Waals surface area contributed by atoms with Crippen LogP contribution >= 0.6 is 0 Å². The largest absolute Gasteiger partial charge is 0.392 e. The smallest absolute Gasteiger partial charge is 0.123 e. The van der Waals surface area contributed by atoms with E-state index in [0.717, 1.165) is 31.6 Å². The first-order chi connectivity index (χ1) is 7.74. The predicted octanol–water partition coefficient (Wildman–Crippen LogP) is 1.91. The fraction of sp³-hybridized carbons (Fsp3) is 0.385. The summed E-state index contributed by atoms with van der Waals surface area (Å²) in [5.74, 6) is -0.209. The fourth-order valence-electron chi connectivity index (χ4n) is 1.89. The number of aliphatic hydroxyl groups is 1. The monoisotopic (exact) mass is 221 g/mol. The average Bonchev–Trinajstić information content (AvgIpc) is 2.67. The molecule has 3 heteroatoms. The van der Waals surface area contributed by atoms with E-state index in [-0.39, 0.29) is 11.9 Å². The van der Waals surface area contributed by atoms with Crippen molar-refractivity contribution in [2.45, 2.75) is 12.5 Å². The van der Waals surface area contributed by atoms with Crippen molar-refractivity contribution >= 4 is 6.08 Å². The van der Waals surface area contributed by atoms with Gasteiger partial charge in [-0.15, -0.1) is 0 Å². The summed E-state index contributed by atoms with van der Waals surface area (Å²) in [5.41, 5.74) is 1.00. The molecule has 1 atom stereocenters. The molecule has 1 aliphatic heterocycles. The van der Waals surface area contributed by atoms with Gasteiger partial charge in [-0.05, 0) is 24.1 Å². The number of rotatable bonds is 3. The van der Waals surface area contributed by atoms with Crippen LogP contribution in [0.5, 0.6) is 0 Å². The molecular weight excluding hydrogens is 205 g/mol. The van der Waals surface area contributed by atoms with Gasteiger partial charge < -0.3 is 5.11 Å². The normalized spacial score (nSPS) is 22.0. The molecule has 0 aromatic heterocycles. The molecule has 86 valence electrons. The molecule has 0 unspecified atom stereocenters. The van der Waals surface area contributed by atoms with E-state index >= 15 is 0 Å². The Kier molecular flexibility index (Phi) is 3.70. The van der Waals surface area contributed by atoms with Gasteiger partial charge in [-0.3, -0.25) is 4.90 Å². The summed E-state index contributed by atoms with van der Waals surface area (Å²) < 4.78 is 12.6. The molecule has 1 aliphatic rings. The lowest BCUT2D eigenvalue weighted by Gasteiger charge is -2.10. The van der Waals surface area contributed by atoms with Gasteiger partial charge in [-0.1, -0.05) is 24.3 Å². The summed E-state index contributed by atoms with van der Waals surface area (Å²) in [6.45, 7) is 2.55. The van der Waals surface area contributed by atoms with Gasteiger partial charge in [-0.2, -0.15) is 0 Å². The van der Waals surface area contributed by atoms with Crippen LogP contribution in [0.15, 0.2) is 30.3 Å². The van der Waals surface area contributed by atoms with Crippen molar-refractivity contribution in [3.05, 3.63) is 41.7 Å². The molecule has 1 aromatic rings. The molecule has 0 saturated carbocycles. The molecule has 2 rings (SSSR count). The minimum absolute atomic E-state index is 0.167. The fourth-order valence-corrected chi connectivity index (χ4v) is 1.89. The maximum atomic E-state index is 12.6. The second kappa shape index (κ2) is 5.23. The number of aliphatic hydroxyl groups excluding tert-OH is 1. The van der Waals surface area contributed by atoms with E-state index in [2.05, 4.69) is 4.90 Å². The van der Waals surface area contributed by atoms with Gasteiger partial charge in [0.2, 0.25) is 0 Å². The van der Waals surface area contributed by atoms with Gasteiger partial charge >= 0.3 is 0 Å². The third-order valence-corrected chi connectivity index (χ3v) is 2.79. The van der Waals surface area contributed by atoms with Crippen molar-refractivity contribution < 1.29 is 9.50 Å². The Morgan fingerprint density at radius 3 is 2.75 bits per heavy atom. The highest BCUT2D eigenvalue weighted by Crippen LogP contribution is 2.09. The van der Waals surface area contributed by atoms with Gasteiger partial charge in [-0.25, -0.2) is 4.39 Å². The molecule has 0 radical (unpaired) electrons. The summed E-state index contributed by atoms with van der Waals surface area (Å²) in [6.07, 6.45) is 4.72. The number of nitrogens with zero attached hydrogens (tertiary/aromatic N) is 1. The van der Waals surface area contributed by atoms with Gasteiger partial charge in [0.1, 0.15) is 5.82 Å². The van der Waals surface area contributed by atoms with Crippen molar-refractivity contribution in [1.82, 2.24) is 4.90 Å². The number of halogens is 1. The molecule has 0 aliphatic carbocycles. The molecule has 1 fully saturated rings. The van der Waals surface area contributed by atoms with Crippen molar-refractivity contribution in [1.29, 1.82) is 0 Å². The first-order valence-electron chi connectivity index (χ1n) is 5.56. The van der Waals surface area contributed by atoms with Crippen LogP contribution in [0.4, 0.5) is 4.39 Å². The Morgan fingerprint density at radius 1 is 1.38 bits per heavy atom. The van der Waals surface area contributed by atoms with Crippen LogP contribution in [0.1, 0.15) is 12.0 Å². The molecule has 1 aromatic carbocycles. The van der Waals surface area contributed by atoms with Crippen LogP contribution in [0.2, 0.25) is 0 Å². The summed E-state index contributed by atoms with van der Waals surface area (Å²) in [6, 6.07) is 6.42. The minimum Gasteiger partial charge on any atom is -0.392 e. The summed E-state index contributed by atoms with van der Waals surface area (Å²) >= 11 is 0.